The minimum absolute atomic E-state index is 0.0169. The van der Waals surface area contributed by atoms with Gasteiger partial charge < -0.3 is 14.2 Å². The lowest BCUT2D eigenvalue weighted by atomic mass is 9.44. The molecule has 2 N–H and O–H groups in total. The van der Waals surface area contributed by atoms with Crippen LogP contribution in [0.1, 0.15) is 119 Å². The van der Waals surface area contributed by atoms with Crippen molar-refractivity contribution < 1.29 is 48.5 Å². The number of ether oxygens (including phenoxy) is 3. The first-order valence-corrected chi connectivity index (χ1v) is 20.4. The van der Waals surface area contributed by atoms with Crippen LogP contribution in [0.2, 0.25) is 0 Å². The number of rotatable bonds is 10. The van der Waals surface area contributed by atoms with E-state index in [2.05, 4.69) is 48.5 Å². The third kappa shape index (κ3) is 5.93. The fraction of sp³-hybridized carbons (Fsp3) is 1.00. The van der Waals surface area contributed by atoms with E-state index in [1.807, 2.05) is 0 Å². The Morgan fingerprint density at radius 1 is 0.870 bits per heavy atom. The molecule has 0 spiro atoms. The summed E-state index contributed by atoms with van der Waals surface area (Å²) >= 11 is 0. The van der Waals surface area contributed by atoms with Crippen LogP contribution in [0.3, 0.4) is 0 Å². The fourth-order valence-electron chi connectivity index (χ4n) is 12.1. The molecule has 0 aromatic carbocycles. The predicted octanol–water partition coefficient (Wildman–Crippen LogP) is 6.34. The third-order valence-corrected chi connectivity index (χ3v) is 14.9. The van der Waals surface area contributed by atoms with Crippen molar-refractivity contribution in [2.75, 3.05) is 0 Å². The number of fused-ring (bicyclic) bond motifs is 10. The van der Waals surface area contributed by atoms with Crippen LogP contribution in [-0.2, 0) is 43.4 Å². The fourth-order valence-corrected chi connectivity index (χ4v) is 13.1. The van der Waals surface area contributed by atoms with Gasteiger partial charge in [-0.25, -0.2) is 8.37 Å². The molecule has 6 aliphatic rings. The second kappa shape index (κ2) is 11.9. The van der Waals surface area contributed by atoms with E-state index in [4.69, 9.17) is 22.6 Å². The van der Waals surface area contributed by atoms with E-state index >= 15 is 0 Å². The van der Waals surface area contributed by atoms with Crippen molar-refractivity contribution in [3.8, 4) is 0 Å². The van der Waals surface area contributed by atoms with Crippen molar-refractivity contribution in [3.63, 3.8) is 0 Å². The maximum Gasteiger partial charge on any atom is 0.397 e. The van der Waals surface area contributed by atoms with Gasteiger partial charge in [-0.2, -0.15) is 16.8 Å². The topological polar surface area (TPSA) is 155 Å². The highest BCUT2D eigenvalue weighted by atomic mass is 32.3. The highest BCUT2D eigenvalue weighted by Gasteiger charge is 2.74. The molecule has 10 unspecified atom stereocenters. The maximum atomic E-state index is 11.8. The van der Waals surface area contributed by atoms with Crippen LogP contribution in [-0.4, -0.2) is 61.9 Å². The molecular formula is C33H56O11S2. The second-order valence-electron chi connectivity index (χ2n) is 16.6. The van der Waals surface area contributed by atoms with Crippen LogP contribution < -0.4 is 0 Å². The van der Waals surface area contributed by atoms with Crippen LogP contribution in [0.5, 0.6) is 0 Å². The SMILES string of the molecule is CCCC12OC3CC4C5CCC6CC(OS(=O)(=O)O)C(OS(=O)(=O)O)C[C@]6(C)C5CC[C@]4(C)C3[C@](C)(O1)C(C[C@@H](CC)C(C)C)O2. The van der Waals surface area contributed by atoms with E-state index in [0.29, 0.717) is 30.1 Å². The van der Waals surface area contributed by atoms with Gasteiger partial charge in [0.15, 0.2) is 0 Å². The zero-order chi connectivity index (χ0) is 33.7. The third-order valence-electron chi connectivity index (χ3n) is 14.0. The lowest BCUT2D eigenvalue weighted by molar-refractivity contribution is -0.403. The van der Waals surface area contributed by atoms with E-state index in [1.165, 1.54) is 0 Å². The van der Waals surface area contributed by atoms with E-state index in [1.54, 1.807) is 0 Å². The van der Waals surface area contributed by atoms with Gasteiger partial charge in [0.05, 0.1) is 12.2 Å². The average Bonchev–Trinajstić information content (AvgIpc) is 3.33. The normalized spacial score (nSPS) is 49.2. The molecule has 266 valence electrons. The summed E-state index contributed by atoms with van der Waals surface area (Å²) in [5, 5.41) is 0. The Bertz CT molecular complexity index is 1370. The van der Waals surface area contributed by atoms with Crippen molar-refractivity contribution in [3.05, 3.63) is 0 Å². The van der Waals surface area contributed by atoms with Gasteiger partial charge in [-0.3, -0.25) is 9.11 Å². The van der Waals surface area contributed by atoms with Crippen LogP contribution in [0.15, 0.2) is 0 Å². The van der Waals surface area contributed by atoms with Gasteiger partial charge in [0.25, 0.3) is 5.97 Å². The average molecular weight is 693 g/mol. The van der Waals surface area contributed by atoms with Gasteiger partial charge in [0.1, 0.15) is 17.8 Å². The number of hydrogen-bond acceptors (Lipinski definition) is 9. The summed E-state index contributed by atoms with van der Waals surface area (Å²) in [6.07, 6.45) is 6.17. The zero-order valence-corrected chi connectivity index (χ0v) is 30.1. The minimum atomic E-state index is -4.89. The Morgan fingerprint density at radius 2 is 1.54 bits per heavy atom. The maximum absolute atomic E-state index is 11.8. The summed E-state index contributed by atoms with van der Waals surface area (Å²) in [6.45, 7) is 15.9. The van der Waals surface area contributed by atoms with Crippen molar-refractivity contribution in [1.82, 2.24) is 0 Å². The van der Waals surface area contributed by atoms with Crippen molar-refractivity contribution in [2.45, 2.75) is 155 Å². The van der Waals surface area contributed by atoms with Crippen molar-refractivity contribution >= 4 is 20.8 Å². The molecule has 4 saturated carbocycles. The minimum Gasteiger partial charge on any atom is -0.324 e. The molecule has 2 aliphatic heterocycles. The van der Waals surface area contributed by atoms with Gasteiger partial charge in [-0.15, -0.1) is 0 Å². The smallest absolute Gasteiger partial charge is 0.324 e. The molecule has 0 aromatic heterocycles. The Balaban J connectivity index is 1.30. The first-order valence-electron chi connectivity index (χ1n) is 17.6. The monoisotopic (exact) mass is 692 g/mol. The molecule has 46 heavy (non-hydrogen) atoms. The summed E-state index contributed by atoms with van der Waals surface area (Å²) in [5.74, 6) is 1.26. The molecule has 0 amide bonds. The molecule has 6 rings (SSSR count). The summed E-state index contributed by atoms with van der Waals surface area (Å²) in [6, 6.07) is 0. The summed E-state index contributed by atoms with van der Waals surface area (Å²) < 4.78 is 96.8. The Hall–Kier alpha value is -0.380. The lowest BCUT2D eigenvalue weighted by Gasteiger charge is -2.62. The molecule has 0 radical (unpaired) electrons. The van der Waals surface area contributed by atoms with Gasteiger partial charge >= 0.3 is 20.8 Å². The summed E-state index contributed by atoms with van der Waals surface area (Å²) in [4.78, 5) is 0. The second-order valence-corrected chi connectivity index (χ2v) is 18.7. The molecule has 11 nitrogen and oxygen atoms in total. The predicted molar refractivity (Wildman–Crippen MR) is 169 cm³/mol. The molecule has 2 saturated heterocycles. The molecule has 4 aliphatic carbocycles. The first kappa shape index (κ1) is 35.4. The van der Waals surface area contributed by atoms with Gasteiger partial charge in [0, 0.05) is 12.3 Å². The van der Waals surface area contributed by atoms with E-state index in [-0.39, 0.29) is 53.6 Å². The molecule has 14 atom stereocenters. The van der Waals surface area contributed by atoms with E-state index < -0.39 is 44.6 Å². The van der Waals surface area contributed by atoms with Gasteiger partial charge in [-0.1, -0.05) is 48.0 Å². The Labute approximate surface area is 276 Å². The standard InChI is InChI=1S/C33H56O11S2/c1-8-13-33-40-26-17-24-22-11-10-21-16-25(42-45(34,35)36)27(43-46(37,38)39)18-31(21,6)23(22)12-14-30(24,5)29(26)32(7,44-33)28(41-33)15-20(9-2)19(3)4/h19-29H,8-18H2,1-7H3,(H,34,35,36)(H,37,38,39)/t20-,21?,22?,23?,24?,25?,26?,27?,28?,29?,30+,31+,32-,33?/m1/s1. The highest BCUT2D eigenvalue weighted by Crippen LogP contribution is 2.72. The largest absolute Gasteiger partial charge is 0.397 e. The summed E-state index contributed by atoms with van der Waals surface area (Å²) in [7, 11) is -9.74. The van der Waals surface area contributed by atoms with Gasteiger partial charge in [0.2, 0.25) is 0 Å². The molecule has 13 heteroatoms. The van der Waals surface area contributed by atoms with Crippen molar-refractivity contribution in [1.29, 1.82) is 0 Å². The van der Waals surface area contributed by atoms with Crippen LogP contribution in [0.25, 0.3) is 0 Å². The zero-order valence-electron chi connectivity index (χ0n) is 28.5. The summed E-state index contributed by atoms with van der Waals surface area (Å²) in [5.41, 5.74) is -0.881. The quantitative estimate of drug-likeness (QED) is 0.247. The molecule has 2 bridgehead atoms. The Morgan fingerprint density at radius 3 is 2.15 bits per heavy atom. The Kier molecular flexibility index (Phi) is 9.14. The molecule has 6 fully saturated rings. The van der Waals surface area contributed by atoms with Gasteiger partial charge in [-0.05, 0) is 111 Å². The molecule has 0 aromatic rings. The van der Waals surface area contributed by atoms with E-state index in [0.717, 1.165) is 51.4 Å². The molecular weight excluding hydrogens is 636 g/mol. The van der Waals surface area contributed by atoms with Crippen molar-refractivity contribution in [2.24, 2.45) is 52.3 Å². The first-order chi connectivity index (χ1) is 21.3. The van der Waals surface area contributed by atoms with Crippen LogP contribution >= 0.6 is 0 Å². The molecule has 2 heterocycles. The van der Waals surface area contributed by atoms with E-state index in [9.17, 15) is 25.9 Å². The van der Waals surface area contributed by atoms with Crippen LogP contribution in [0, 0.1) is 52.3 Å². The number of hydrogen-bond donors (Lipinski definition) is 2. The lowest BCUT2D eigenvalue weighted by Crippen LogP contribution is -2.61. The highest BCUT2D eigenvalue weighted by molar-refractivity contribution is 7.81. The van der Waals surface area contributed by atoms with Crippen LogP contribution in [0.4, 0.5) is 0 Å².